The molecule has 2 aliphatic rings. The SMILES string of the molecule is Nc1cc2c(nn1)CCN(C(=O)[C@H]1Cc3cc(Cl)ccc3O1)C2. The van der Waals surface area contributed by atoms with Crippen molar-refractivity contribution in [2.75, 3.05) is 12.3 Å². The Morgan fingerprint density at radius 3 is 3.04 bits per heavy atom. The molecule has 3 heterocycles. The predicted octanol–water partition coefficient (Wildman–Crippen LogP) is 1.60. The summed E-state index contributed by atoms with van der Waals surface area (Å²) in [5.74, 6) is 1.09. The standard InChI is InChI=1S/C16H15ClN4O2/c17-11-1-2-13-9(5-11)6-14(23-13)16(22)21-4-3-12-10(8-21)7-15(18)20-19-12/h1-2,5,7,14H,3-4,6,8H2,(H2,18,20)/t14-/m1/s1. The first-order chi connectivity index (χ1) is 11.1. The minimum atomic E-state index is -0.489. The van der Waals surface area contributed by atoms with Gasteiger partial charge in [-0.1, -0.05) is 11.6 Å². The lowest BCUT2D eigenvalue weighted by molar-refractivity contribution is -0.138. The molecule has 0 bridgehead atoms. The average molecular weight is 331 g/mol. The van der Waals surface area contributed by atoms with Crippen LogP contribution in [0.5, 0.6) is 5.75 Å². The minimum absolute atomic E-state index is 0.0154. The molecule has 0 fully saturated rings. The summed E-state index contributed by atoms with van der Waals surface area (Å²) < 4.78 is 5.79. The number of nitrogen functional groups attached to an aromatic ring is 1. The van der Waals surface area contributed by atoms with Crippen LogP contribution in [0.15, 0.2) is 24.3 Å². The van der Waals surface area contributed by atoms with Crippen LogP contribution in [0.4, 0.5) is 5.82 Å². The molecular weight excluding hydrogens is 316 g/mol. The summed E-state index contributed by atoms with van der Waals surface area (Å²) in [6, 6.07) is 7.22. The highest BCUT2D eigenvalue weighted by Crippen LogP contribution is 2.32. The Morgan fingerprint density at radius 2 is 2.17 bits per heavy atom. The number of nitrogens with zero attached hydrogens (tertiary/aromatic N) is 3. The molecule has 1 atom stereocenters. The molecule has 4 rings (SSSR count). The van der Waals surface area contributed by atoms with Crippen molar-refractivity contribution in [1.29, 1.82) is 0 Å². The van der Waals surface area contributed by atoms with Crippen LogP contribution in [0.3, 0.4) is 0 Å². The van der Waals surface area contributed by atoms with E-state index in [4.69, 9.17) is 22.1 Å². The van der Waals surface area contributed by atoms with Gasteiger partial charge < -0.3 is 15.4 Å². The Balaban J connectivity index is 1.51. The van der Waals surface area contributed by atoms with Crippen molar-refractivity contribution in [2.24, 2.45) is 0 Å². The van der Waals surface area contributed by atoms with E-state index < -0.39 is 6.10 Å². The van der Waals surface area contributed by atoms with Gasteiger partial charge in [0.15, 0.2) is 6.10 Å². The maximum absolute atomic E-state index is 12.7. The first-order valence-corrected chi connectivity index (χ1v) is 7.83. The molecule has 23 heavy (non-hydrogen) atoms. The van der Waals surface area contributed by atoms with Crippen molar-refractivity contribution >= 4 is 23.3 Å². The van der Waals surface area contributed by atoms with Gasteiger partial charge in [-0.2, -0.15) is 5.10 Å². The summed E-state index contributed by atoms with van der Waals surface area (Å²) in [4.78, 5) is 14.5. The zero-order valence-electron chi connectivity index (χ0n) is 12.3. The monoisotopic (exact) mass is 330 g/mol. The number of hydrogen-bond acceptors (Lipinski definition) is 5. The van der Waals surface area contributed by atoms with Crippen LogP contribution >= 0.6 is 11.6 Å². The maximum atomic E-state index is 12.7. The van der Waals surface area contributed by atoms with Crippen molar-refractivity contribution in [3.8, 4) is 5.75 Å². The number of anilines is 1. The average Bonchev–Trinajstić information content (AvgIpc) is 2.96. The van der Waals surface area contributed by atoms with E-state index in [0.29, 0.717) is 36.8 Å². The molecule has 2 aliphatic heterocycles. The number of rotatable bonds is 1. The van der Waals surface area contributed by atoms with Crippen molar-refractivity contribution < 1.29 is 9.53 Å². The lowest BCUT2D eigenvalue weighted by Crippen LogP contribution is -2.44. The van der Waals surface area contributed by atoms with E-state index >= 15 is 0 Å². The van der Waals surface area contributed by atoms with Crippen LogP contribution in [0.1, 0.15) is 16.8 Å². The predicted molar refractivity (Wildman–Crippen MR) is 85.1 cm³/mol. The zero-order valence-corrected chi connectivity index (χ0v) is 13.1. The third-order valence-corrected chi connectivity index (χ3v) is 4.48. The normalized spacial score (nSPS) is 19.0. The van der Waals surface area contributed by atoms with Gasteiger partial charge in [0.05, 0.1) is 5.69 Å². The number of fused-ring (bicyclic) bond motifs is 2. The number of ether oxygens (including phenoxy) is 1. The van der Waals surface area contributed by atoms with E-state index in [9.17, 15) is 4.79 Å². The Morgan fingerprint density at radius 1 is 1.30 bits per heavy atom. The van der Waals surface area contributed by atoms with Crippen molar-refractivity contribution in [2.45, 2.75) is 25.5 Å². The van der Waals surface area contributed by atoms with E-state index in [1.54, 1.807) is 17.0 Å². The molecule has 0 aliphatic carbocycles. The fourth-order valence-corrected chi connectivity index (χ4v) is 3.29. The molecule has 2 aromatic rings. The van der Waals surface area contributed by atoms with E-state index in [1.165, 1.54) is 0 Å². The molecule has 0 radical (unpaired) electrons. The quantitative estimate of drug-likeness (QED) is 0.859. The largest absolute Gasteiger partial charge is 0.480 e. The smallest absolute Gasteiger partial charge is 0.264 e. The van der Waals surface area contributed by atoms with Gasteiger partial charge in [0.1, 0.15) is 11.6 Å². The van der Waals surface area contributed by atoms with Crippen LogP contribution in [0, 0.1) is 0 Å². The van der Waals surface area contributed by atoms with Gasteiger partial charge in [0.25, 0.3) is 5.91 Å². The van der Waals surface area contributed by atoms with Crippen LogP contribution in [0.25, 0.3) is 0 Å². The molecule has 1 aromatic carbocycles. The lowest BCUT2D eigenvalue weighted by Gasteiger charge is -2.29. The molecule has 0 spiro atoms. The summed E-state index contributed by atoms with van der Waals surface area (Å²) in [6.07, 6.45) is 0.742. The van der Waals surface area contributed by atoms with Crippen LogP contribution in [-0.2, 0) is 24.2 Å². The first kappa shape index (κ1) is 14.3. The van der Waals surface area contributed by atoms with Crippen LogP contribution in [-0.4, -0.2) is 33.7 Å². The summed E-state index contributed by atoms with van der Waals surface area (Å²) >= 11 is 5.99. The second-order valence-corrected chi connectivity index (χ2v) is 6.25. The van der Waals surface area contributed by atoms with E-state index in [-0.39, 0.29) is 5.91 Å². The van der Waals surface area contributed by atoms with Gasteiger partial charge in [-0.05, 0) is 35.4 Å². The van der Waals surface area contributed by atoms with Gasteiger partial charge in [-0.3, -0.25) is 4.79 Å². The van der Waals surface area contributed by atoms with Crippen molar-refractivity contribution in [1.82, 2.24) is 15.1 Å². The fourth-order valence-electron chi connectivity index (χ4n) is 3.09. The van der Waals surface area contributed by atoms with E-state index in [1.807, 2.05) is 12.1 Å². The maximum Gasteiger partial charge on any atom is 0.264 e. The summed E-state index contributed by atoms with van der Waals surface area (Å²) in [7, 11) is 0. The van der Waals surface area contributed by atoms with Gasteiger partial charge in [0, 0.05) is 31.0 Å². The lowest BCUT2D eigenvalue weighted by atomic mass is 10.0. The second kappa shape index (κ2) is 5.38. The fraction of sp³-hybridized carbons (Fsp3) is 0.312. The molecular formula is C16H15ClN4O2. The zero-order chi connectivity index (χ0) is 16.0. The van der Waals surface area contributed by atoms with Gasteiger partial charge in [0.2, 0.25) is 0 Å². The number of benzene rings is 1. The number of nitrogens with two attached hydrogens (primary N) is 1. The van der Waals surface area contributed by atoms with Gasteiger partial charge in [-0.15, -0.1) is 5.10 Å². The van der Waals surface area contributed by atoms with Crippen LogP contribution < -0.4 is 10.5 Å². The summed E-state index contributed by atoms with van der Waals surface area (Å²) in [5.41, 5.74) is 8.52. The number of aromatic nitrogens is 2. The van der Waals surface area contributed by atoms with E-state index in [2.05, 4.69) is 10.2 Å². The van der Waals surface area contributed by atoms with Gasteiger partial charge >= 0.3 is 0 Å². The molecule has 0 saturated heterocycles. The first-order valence-electron chi connectivity index (χ1n) is 7.45. The third-order valence-electron chi connectivity index (χ3n) is 4.24. The number of carbonyl (C=O) groups excluding carboxylic acids is 1. The molecule has 0 saturated carbocycles. The Labute approximate surface area is 138 Å². The molecule has 2 N–H and O–H groups in total. The number of hydrogen-bond donors (Lipinski definition) is 1. The summed E-state index contributed by atoms with van der Waals surface area (Å²) in [6.45, 7) is 1.10. The number of halogens is 1. The van der Waals surface area contributed by atoms with Crippen LogP contribution in [0.2, 0.25) is 5.02 Å². The molecule has 1 aromatic heterocycles. The molecule has 7 heteroatoms. The second-order valence-electron chi connectivity index (χ2n) is 5.81. The highest BCUT2D eigenvalue weighted by atomic mass is 35.5. The Bertz CT molecular complexity index is 796. The van der Waals surface area contributed by atoms with Crippen molar-refractivity contribution in [3.05, 3.63) is 46.1 Å². The third kappa shape index (κ3) is 2.59. The highest BCUT2D eigenvalue weighted by Gasteiger charge is 2.34. The molecule has 1 amide bonds. The van der Waals surface area contributed by atoms with Crippen molar-refractivity contribution in [3.63, 3.8) is 0 Å². The van der Waals surface area contributed by atoms with E-state index in [0.717, 1.165) is 22.6 Å². The highest BCUT2D eigenvalue weighted by molar-refractivity contribution is 6.30. The number of amides is 1. The molecule has 6 nitrogen and oxygen atoms in total. The Hall–Kier alpha value is -2.34. The topological polar surface area (TPSA) is 81.3 Å². The molecule has 118 valence electrons. The van der Waals surface area contributed by atoms with Gasteiger partial charge in [-0.25, -0.2) is 0 Å². The molecule has 0 unspecified atom stereocenters. The minimum Gasteiger partial charge on any atom is -0.480 e. The Kier molecular flexibility index (Phi) is 3.34. The number of carbonyl (C=O) groups is 1. The summed E-state index contributed by atoms with van der Waals surface area (Å²) in [5, 5.41) is 8.61.